The summed E-state index contributed by atoms with van der Waals surface area (Å²) in [7, 11) is 0. The molecule has 0 saturated heterocycles. The molecule has 0 radical (unpaired) electrons. The quantitative estimate of drug-likeness (QED) is 0.920. The number of hydrogen-bond donors (Lipinski definition) is 1. The average Bonchev–Trinajstić information content (AvgIpc) is 2.70. The van der Waals surface area contributed by atoms with Gasteiger partial charge in [0.2, 0.25) is 5.91 Å². The third-order valence-corrected chi connectivity index (χ3v) is 3.82. The lowest BCUT2D eigenvalue weighted by Crippen LogP contribution is -2.15. The van der Waals surface area contributed by atoms with Crippen molar-refractivity contribution < 1.29 is 4.79 Å². The highest BCUT2D eigenvalue weighted by Crippen LogP contribution is 2.18. The Hall–Kier alpha value is -1.68. The van der Waals surface area contributed by atoms with Gasteiger partial charge in [-0.25, -0.2) is 4.98 Å². The Bertz CT molecular complexity index is 575. The molecule has 0 spiro atoms. The van der Waals surface area contributed by atoms with Crippen LogP contribution in [0.3, 0.4) is 0 Å². The molecule has 1 N–H and O–H groups in total. The second-order valence-corrected chi connectivity index (χ2v) is 5.30. The van der Waals surface area contributed by atoms with E-state index in [1.807, 2.05) is 44.4 Å². The van der Waals surface area contributed by atoms with Crippen molar-refractivity contribution in [3.8, 4) is 0 Å². The van der Waals surface area contributed by atoms with E-state index in [0.29, 0.717) is 6.42 Å². The minimum absolute atomic E-state index is 0.0157. The summed E-state index contributed by atoms with van der Waals surface area (Å²) in [6.07, 6.45) is 0.339. The van der Waals surface area contributed by atoms with Crippen LogP contribution in [0.2, 0.25) is 0 Å². The van der Waals surface area contributed by atoms with Crippen molar-refractivity contribution in [3.05, 3.63) is 45.4 Å². The van der Waals surface area contributed by atoms with Crippen LogP contribution in [0.4, 0.5) is 5.69 Å². The van der Waals surface area contributed by atoms with Gasteiger partial charge in [-0.2, -0.15) is 0 Å². The Morgan fingerprint density at radius 1 is 1.33 bits per heavy atom. The monoisotopic (exact) mass is 260 g/mol. The first-order valence-electron chi connectivity index (χ1n) is 5.83. The summed E-state index contributed by atoms with van der Waals surface area (Å²) in [6.45, 7) is 5.98. The van der Waals surface area contributed by atoms with Gasteiger partial charge in [0.25, 0.3) is 0 Å². The summed E-state index contributed by atoms with van der Waals surface area (Å²) < 4.78 is 0. The van der Waals surface area contributed by atoms with Crippen molar-refractivity contribution in [1.82, 2.24) is 4.98 Å². The van der Waals surface area contributed by atoms with Crippen molar-refractivity contribution in [2.24, 2.45) is 0 Å². The van der Waals surface area contributed by atoms with Crippen LogP contribution in [0, 0.1) is 20.8 Å². The standard InChI is InChI=1S/C14H16N2OS/c1-9-5-4-6-12(11(9)3)16-13(17)7-14-15-10(2)8-18-14/h4-6,8H,7H2,1-3H3,(H,16,17). The van der Waals surface area contributed by atoms with Crippen LogP contribution >= 0.6 is 11.3 Å². The second-order valence-electron chi connectivity index (χ2n) is 4.36. The van der Waals surface area contributed by atoms with E-state index in [4.69, 9.17) is 0 Å². The molecular weight excluding hydrogens is 244 g/mol. The number of anilines is 1. The Morgan fingerprint density at radius 2 is 2.11 bits per heavy atom. The molecule has 0 aliphatic rings. The largest absolute Gasteiger partial charge is 0.325 e. The van der Waals surface area contributed by atoms with Crippen LogP contribution in [0.5, 0.6) is 0 Å². The molecule has 1 amide bonds. The number of carbonyl (C=O) groups excluding carboxylic acids is 1. The Kier molecular flexibility index (Phi) is 3.77. The SMILES string of the molecule is Cc1csc(CC(=O)Nc2cccc(C)c2C)n1. The first-order chi connectivity index (χ1) is 8.56. The maximum atomic E-state index is 11.9. The predicted molar refractivity (Wildman–Crippen MR) is 75.1 cm³/mol. The summed E-state index contributed by atoms with van der Waals surface area (Å²) in [4.78, 5) is 16.2. The Balaban J connectivity index is 2.05. The summed E-state index contributed by atoms with van der Waals surface area (Å²) in [5, 5.41) is 5.75. The number of rotatable bonds is 3. The van der Waals surface area contributed by atoms with Crippen LogP contribution in [-0.4, -0.2) is 10.9 Å². The fourth-order valence-corrected chi connectivity index (χ4v) is 2.47. The molecule has 0 aliphatic heterocycles. The molecule has 1 aromatic carbocycles. The van der Waals surface area contributed by atoms with Crippen LogP contribution < -0.4 is 5.32 Å². The molecule has 3 nitrogen and oxygen atoms in total. The highest BCUT2D eigenvalue weighted by molar-refractivity contribution is 7.09. The van der Waals surface area contributed by atoms with Crippen molar-refractivity contribution in [2.45, 2.75) is 27.2 Å². The van der Waals surface area contributed by atoms with E-state index in [0.717, 1.165) is 22.0 Å². The summed E-state index contributed by atoms with van der Waals surface area (Å²) in [5.41, 5.74) is 4.14. The van der Waals surface area contributed by atoms with E-state index in [-0.39, 0.29) is 5.91 Å². The normalized spacial score (nSPS) is 10.4. The minimum atomic E-state index is -0.0157. The number of benzene rings is 1. The minimum Gasteiger partial charge on any atom is -0.325 e. The maximum absolute atomic E-state index is 11.9. The van der Waals surface area contributed by atoms with Crippen LogP contribution in [-0.2, 0) is 11.2 Å². The summed E-state index contributed by atoms with van der Waals surface area (Å²) in [5.74, 6) is -0.0157. The number of carbonyl (C=O) groups is 1. The first kappa shape index (κ1) is 12.8. The van der Waals surface area contributed by atoms with Crippen molar-refractivity contribution in [2.75, 3.05) is 5.32 Å². The van der Waals surface area contributed by atoms with Gasteiger partial charge < -0.3 is 5.32 Å². The van der Waals surface area contributed by atoms with E-state index in [9.17, 15) is 4.79 Å². The molecule has 0 saturated carbocycles. The molecule has 0 fully saturated rings. The lowest BCUT2D eigenvalue weighted by atomic mass is 10.1. The van der Waals surface area contributed by atoms with E-state index in [2.05, 4.69) is 10.3 Å². The number of nitrogens with one attached hydrogen (secondary N) is 1. The van der Waals surface area contributed by atoms with Crippen LogP contribution in [0.15, 0.2) is 23.6 Å². The third-order valence-electron chi connectivity index (χ3n) is 2.86. The van der Waals surface area contributed by atoms with Gasteiger partial charge in [-0.15, -0.1) is 11.3 Å². The zero-order chi connectivity index (χ0) is 13.1. The third kappa shape index (κ3) is 2.96. The number of hydrogen-bond acceptors (Lipinski definition) is 3. The zero-order valence-corrected chi connectivity index (χ0v) is 11.6. The van der Waals surface area contributed by atoms with Gasteiger partial charge in [-0.05, 0) is 38.0 Å². The fraction of sp³-hybridized carbons (Fsp3) is 0.286. The van der Waals surface area contributed by atoms with E-state index >= 15 is 0 Å². The smallest absolute Gasteiger partial charge is 0.231 e. The topological polar surface area (TPSA) is 42.0 Å². The first-order valence-corrected chi connectivity index (χ1v) is 6.71. The lowest BCUT2D eigenvalue weighted by Gasteiger charge is -2.09. The predicted octanol–water partition coefficient (Wildman–Crippen LogP) is 3.25. The van der Waals surface area contributed by atoms with Gasteiger partial charge in [0.05, 0.1) is 6.42 Å². The van der Waals surface area contributed by atoms with Gasteiger partial charge >= 0.3 is 0 Å². The van der Waals surface area contributed by atoms with E-state index < -0.39 is 0 Å². The van der Waals surface area contributed by atoms with Gasteiger partial charge in [-0.1, -0.05) is 12.1 Å². The van der Waals surface area contributed by atoms with Crippen molar-refractivity contribution >= 4 is 22.9 Å². The molecular formula is C14H16N2OS. The molecule has 2 rings (SSSR count). The molecule has 1 heterocycles. The molecule has 0 bridgehead atoms. The Labute approximate surface area is 111 Å². The summed E-state index contributed by atoms with van der Waals surface area (Å²) in [6, 6.07) is 5.91. The number of aromatic nitrogens is 1. The maximum Gasteiger partial charge on any atom is 0.231 e. The fourth-order valence-electron chi connectivity index (χ4n) is 1.70. The molecule has 0 unspecified atom stereocenters. The van der Waals surface area contributed by atoms with Crippen molar-refractivity contribution in [1.29, 1.82) is 0 Å². The number of amides is 1. The summed E-state index contributed by atoms with van der Waals surface area (Å²) >= 11 is 1.52. The highest BCUT2D eigenvalue weighted by Gasteiger charge is 2.09. The Morgan fingerprint density at radius 3 is 2.78 bits per heavy atom. The molecule has 0 atom stereocenters. The molecule has 0 aliphatic carbocycles. The van der Waals surface area contributed by atoms with Crippen molar-refractivity contribution in [3.63, 3.8) is 0 Å². The number of aryl methyl sites for hydroxylation is 2. The number of thiazole rings is 1. The second kappa shape index (κ2) is 5.31. The molecule has 4 heteroatoms. The molecule has 94 valence electrons. The van der Waals surface area contributed by atoms with E-state index in [1.54, 1.807) is 0 Å². The molecule has 18 heavy (non-hydrogen) atoms. The lowest BCUT2D eigenvalue weighted by molar-refractivity contribution is -0.115. The molecule has 2 aromatic rings. The highest BCUT2D eigenvalue weighted by atomic mass is 32.1. The van der Waals surface area contributed by atoms with Gasteiger partial charge in [0, 0.05) is 16.8 Å². The van der Waals surface area contributed by atoms with Crippen LogP contribution in [0.1, 0.15) is 21.8 Å². The van der Waals surface area contributed by atoms with E-state index in [1.165, 1.54) is 16.9 Å². The van der Waals surface area contributed by atoms with Crippen LogP contribution in [0.25, 0.3) is 0 Å². The zero-order valence-electron chi connectivity index (χ0n) is 10.8. The van der Waals surface area contributed by atoms with Gasteiger partial charge in [0.15, 0.2) is 0 Å². The average molecular weight is 260 g/mol. The van der Waals surface area contributed by atoms with Gasteiger partial charge in [-0.3, -0.25) is 4.79 Å². The number of nitrogens with zero attached hydrogens (tertiary/aromatic N) is 1. The van der Waals surface area contributed by atoms with Gasteiger partial charge in [0.1, 0.15) is 5.01 Å². The molecule has 1 aromatic heterocycles.